The molecule has 1 aromatic carbocycles. The van der Waals surface area contributed by atoms with Crippen LogP contribution in [-0.2, 0) is 4.79 Å². The first-order chi connectivity index (χ1) is 12.6. The van der Waals surface area contributed by atoms with E-state index in [0.29, 0.717) is 17.3 Å². The highest BCUT2D eigenvalue weighted by atomic mass is 35.5. The highest BCUT2D eigenvalue weighted by molar-refractivity contribution is 7.07. The van der Waals surface area contributed by atoms with Crippen LogP contribution < -0.4 is 10.1 Å². The number of nitrogens with zero attached hydrogens (tertiary/aromatic N) is 2. The SMILES string of the molecule is CN1CCN(C(CNC(=O)COc2ccccc2Cl)c2ccsc2)CC1. The van der Waals surface area contributed by atoms with Crippen molar-refractivity contribution in [3.63, 3.8) is 0 Å². The van der Waals surface area contributed by atoms with Gasteiger partial charge in [0.25, 0.3) is 5.91 Å². The van der Waals surface area contributed by atoms with Gasteiger partial charge in [-0.1, -0.05) is 23.7 Å². The van der Waals surface area contributed by atoms with E-state index in [1.807, 2.05) is 12.1 Å². The van der Waals surface area contributed by atoms with Gasteiger partial charge in [0.15, 0.2) is 6.61 Å². The van der Waals surface area contributed by atoms with Crippen molar-refractivity contribution in [3.8, 4) is 5.75 Å². The van der Waals surface area contributed by atoms with Crippen LogP contribution in [0.4, 0.5) is 0 Å². The van der Waals surface area contributed by atoms with Crippen molar-refractivity contribution in [2.75, 3.05) is 46.4 Å². The van der Waals surface area contributed by atoms with Gasteiger partial charge in [-0.05, 0) is 41.6 Å². The Bertz CT molecular complexity index is 703. The Morgan fingerprint density at radius 3 is 2.73 bits per heavy atom. The van der Waals surface area contributed by atoms with Crippen LogP contribution in [0.5, 0.6) is 5.75 Å². The average Bonchev–Trinajstić information content (AvgIpc) is 3.17. The van der Waals surface area contributed by atoms with Gasteiger partial charge >= 0.3 is 0 Å². The Balaban J connectivity index is 1.54. The number of amides is 1. The lowest BCUT2D eigenvalue weighted by Gasteiger charge is -2.38. The van der Waals surface area contributed by atoms with Crippen LogP contribution in [0.1, 0.15) is 11.6 Å². The van der Waals surface area contributed by atoms with E-state index in [9.17, 15) is 4.79 Å². The zero-order valence-corrected chi connectivity index (χ0v) is 16.4. The van der Waals surface area contributed by atoms with E-state index in [1.54, 1.807) is 23.5 Å². The second-order valence-electron chi connectivity index (χ2n) is 6.43. The highest BCUT2D eigenvalue weighted by Gasteiger charge is 2.24. The molecule has 0 saturated carbocycles. The van der Waals surface area contributed by atoms with Crippen LogP contribution >= 0.6 is 22.9 Å². The molecule has 0 bridgehead atoms. The zero-order chi connectivity index (χ0) is 18.4. The van der Waals surface area contributed by atoms with Crippen LogP contribution in [0.25, 0.3) is 0 Å². The molecule has 1 unspecified atom stereocenters. The van der Waals surface area contributed by atoms with Gasteiger partial charge in [0, 0.05) is 32.7 Å². The van der Waals surface area contributed by atoms with Crippen LogP contribution in [0.3, 0.4) is 0 Å². The second-order valence-corrected chi connectivity index (χ2v) is 7.62. The molecular weight excluding hydrogens is 370 g/mol. The number of piperazine rings is 1. The Labute approximate surface area is 163 Å². The van der Waals surface area contributed by atoms with Gasteiger partial charge < -0.3 is 15.0 Å². The number of hydrogen-bond donors (Lipinski definition) is 1. The molecule has 26 heavy (non-hydrogen) atoms. The van der Waals surface area contributed by atoms with Crippen molar-refractivity contribution in [3.05, 3.63) is 51.7 Å². The lowest BCUT2D eigenvalue weighted by atomic mass is 10.1. The Morgan fingerprint density at radius 2 is 2.04 bits per heavy atom. The number of thiophene rings is 1. The smallest absolute Gasteiger partial charge is 0.258 e. The van der Waals surface area contributed by atoms with Gasteiger partial charge in [0.1, 0.15) is 5.75 Å². The minimum Gasteiger partial charge on any atom is -0.482 e. The summed E-state index contributed by atoms with van der Waals surface area (Å²) in [6.07, 6.45) is 0. The number of halogens is 1. The second kappa shape index (κ2) is 9.37. The van der Waals surface area contributed by atoms with Gasteiger partial charge in [-0.3, -0.25) is 9.69 Å². The Hall–Kier alpha value is -1.60. The number of nitrogens with one attached hydrogen (secondary N) is 1. The molecule has 1 atom stereocenters. The van der Waals surface area contributed by atoms with Crippen molar-refractivity contribution in [1.82, 2.24) is 15.1 Å². The topological polar surface area (TPSA) is 44.8 Å². The molecule has 1 fully saturated rings. The van der Waals surface area contributed by atoms with Crippen LogP contribution in [-0.4, -0.2) is 62.1 Å². The van der Waals surface area contributed by atoms with Gasteiger partial charge in [0.05, 0.1) is 11.1 Å². The predicted molar refractivity (Wildman–Crippen MR) is 106 cm³/mol. The molecule has 1 aliphatic rings. The summed E-state index contributed by atoms with van der Waals surface area (Å²) in [5, 5.41) is 7.77. The van der Waals surface area contributed by atoms with Gasteiger partial charge in [-0.15, -0.1) is 0 Å². The normalized spacial score (nSPS) is 17.0. The molecule has 1 N–H and O–H groups in total. The summed E-state index contributed by atoms with van der Waals surface area (Å²) in [6.45, 7) is 4.63. The lowest BCUT2D eigenvalue weighted by Crippen LogP contribution is -2.48. The maximum atomic E-state index is 12.2. The van der Waals surface area contributed by atoms with Gasteiger partial charge in [-0.2, -0.15) is 11.3 Å². The summed E-state index contributed by atoms with van der Waals surface area (Å²) < 4.78 is 5.52. The first-order valence-corrected chi connectivity index (χ1v) is 10.0. The monoisotopic (exact) mass is 393 g/mol. The van der Waals surface area contributed by atoms with Gasteiger partial charge in [-0.25, -0.2) is 0 Å². The molecule has 0 radical (unpaired) electrons. The minimum absolute atomic E-state index is 0.0389. The molecule has 2 heterocycles. The number of carbonyl (C=O) groups is 1. The molecule has 5 nitrogen and oxygen atoms in total. The molecule has 1 saturated heterocycles. The van der Waals surface area contributed by atoms with Crippen molar-refractivity contribution in [2.45, 2.75) is 6.04 Å². The third kappa shape index (κ3) is 5.20. The van der Waals surface area contributed by atoms with Crippen molar-refractivity contribution in [2.24, 2.45) is 0 Å². The first kappa shape index (κ1) is 19.2. The maximum Gasteiger partial charge on any atom is 0.258 e. The van der Waals surface area contributed by atoms with Crippen molar-refractivity contribution >= 4 is 28.8 Å². The molecule has 0 aliphatic carbocycles. The highest BCUT2D eigenvalue weighted by Crippen LogP contribution is 2.24. The summed E-state index contributed by atoms with van der Waals surface area (Å²) in [5.74, 6) is 0.386. The number of carbonyl (C=O) groups excluding carboxylic acids is 1. The van der Waals surface area contributed by atoms with E-state index in [1.165, 1.54) is 5.56 Å². The zero-order valence-electron chi connectivity index (χ0n) is 14.9. The molecule has 3 rings (SSSR count). The number of hydrogen-bond acceptors (Lipinski definition) is 5. The fourth-order valence-corrected chi connectivity index (χ4v) is 3.92. The fraction of sp³-hybridized carbons (Fsp3) is 0.421. The number of para-hydroxylation sites is 1. The molecule has 140 valence electrons. The van der Waals surface area contributed by atoms with Gasteiger partial charge in [0.2, 0.25) is 0 Å². The molecule has 7 heteroatoms. The Morgan fingerprint density at radius 1 is 1.27 bits per heavy atom. The molecule has 1 aromatic heterocycles. The average molecular weight is 394 g/mol. The lowest BCUT2D eigenvalue weighted by molar-refractivity contribution is -0.123. The predicted octanol–water partition coefficient (Wildman–Crippen LogP) is 2.89. The van der Waals surface area contributed by atoms with Crippen molar-refractivity contribution < 1.29 is 9.53 Å². The minimum atomic E-state index is -0.140. The molecule has 1 aliphatic heterocycles. The van der Waals surface area contributed by atoms with E-state index in [2.05, 4.69) is 39.0 Å². The molecule has 1 amide bonds. The third-order valence-electron chi connectivity index (χ3n) is 4.59. The maximum absolute atomic E-state index is 12.2. The largest absolute Gasteiger partial charge is 0.482 e. The van der Waals surface area contributed by atoms with Crippen LogP contribution in [0.2, 0.25) is 5.02 Å². The summed E-state index contributed by atoms with van der Waals surface area (Å²) in [6, 6.07) is 9.50. The number of ether oxygens (including phenoxy) is 1. The molecule has 2 aromatic rings. The van der Waals surface area contributed by atoms with E-state index in [-0.39, 0.29) is 18.6 Å². The quantitative estimate of drug-likeness (QED) is 0.785. The first-order valence-electron chi connectivity index (χ1n) is 8.72. The number of benzene rings is 1. The van der Waals surface area contributed by atoms with E-state index in [4.69, 9.17) is 16.3 Å². The Kier molecular flexibility index (Phi) is 6.91. The van der Waals surface area contributed by atoms with Crippen LogP contribution in [0.15, 0.2) is 41.1 Å². The molecular formula is C19H24ClN3O2S. The molecule has 0 spiro atoms. The number of rotatable bonds is 7. The summed E-state index contributed by atoms with van der Waals surface area (Å²) in [5.41, 5.74) is 1.26. The fourth-order valence-electron chi connectivity index (χ4n) is 3.02. The standard InChI is InChI=1S/C19H24ClN3O2S/c1-22-7-9-23(10-8-22)17(15-6-11-26-14-15)12-21-19(24)13-25-18-5-3-2-4-16(18)20/h2-6,11,14,17H,7-10,12-13H2,1H3,(H,21,24). The van der Waals surface area contributed by atoms with Crippen molar-refractivity contribution in [1.29, 1.82) is 0 Å². The van der Waals surface area contributed by atoms with E-state index < -0.39 is 0 Å². The summed E-state index contributed by atoms with van der Waals surface area (Å²) in [7, 11) is 2.14. The summed E-state index contributed by atoms with van der Waals surface area (Å²) >= 11 is 7.74. The third-order valence-corrected chi connectivity index (χ3v) is 5.61. The van der Waals surface area contributed by atoms with Crippen LogP contribution in [0, 0.1) is 0 Å². The number of likely N-dealkylation sites (N-methyl/N-ethyl adjacent to an activating group) is 1. The summed E-state index contributed by atoms with van der Waals surface area (Å²) in [4.78, 5) is 17.0. The van der Waals surface area contributed by atoms with E-state index in [0.717, 1.165) is 26.2 Å². The van der Waals surface area contributed by atoms with E-state index >= 15 is 0 Å².